The normalized spacial score (nSPS) is 19.7. The van der Waals surface area contributed by atoms with Crippen LogP contribution < -0.4 is 10.5 Å². The number of sulfonamides is 1. The quantitative estimate of drug-likeness (QED) is 0.810. The molecule has 106 valence electrons. The van der Waals surface area contributed by atoms with Crippen molar-refractivity contribution in [2.24, 2.45) is 5.92 Å². The van der Waals surface area contributed by atoms with Gasteiger partial charge in [0.1, 0.15) is 4.90 Å². The third-order valence-electron chi connectivity index (χ3n) is 3.13. The molecule has 7 heteroatoms. The number of ether oxygens (including phenoxy) is 1. The van der Waals surface area contributed by atoms with Crippen LogP contribution in [-0.4, -0.2) is 28.2 Å². The Morgan fingerprint density at radius 3 is 2.89 bits per heavy atom. The molecule has 0 radical (unpaired) electrons. The van der Waals surface area contributed by atoms with E-state index in [2.05, 4.69) is 4.72 Å². The van der Waals surface area contributed by atoms with E-state index in [1.807, 2.05) is 0 Å². The van der Waals surface area contributed by atoms with E-state index in [-0.39, 0.29) is 15.6 Å². The van der Waals surface area contributed by atoms with Gasteiger partial charge in [-0.3, -0.25) is 0 Å². The molecule has 0 saturated carbocycles. The van der Waals surface area contributed by atoms with Crippen molar-refractivity contribution in [3.05, 3.63) is 23.2 Å². The van der Waals surface area contributed by atoms with Crippen LogP contribution in [0.3, 0.4) is 0 Å². The summed E-state index contributed by atoms with van der Waals surface area (Å²) in [7, 11) is -3.66. The van der Waals surface area contributed by atoms with Crippen molar-refractivity contribution in [2.75, 3.05) is 25.5 Å². The van der Waals surface area contributed by atoms with Crippen LogP contribution in [0.1, 0.15) is 12.8 Å². The van der Waals surface area contributed by atoms with Crippen LogP contribution in [0.4, 0.5) is 5.69 Å². The number of benzene rings is 1. The maximum absolute atomic E-state index is 12.1. The number of rotatable bonds is 5. The minimum atomic E-state index is -3.66. The van der Waals surface area contributed by atoms with E-state index >= 15 is 0 Å². The Hall–Kier alpha value is -0.820. The summed E-state index contributed by atoms with van der Waals surface area (Å²) in [5.74, 6) is 0.422. The summed E-state index contributed by atoms with van der Waals surface area (Å²) in [6.07, 6.45) is 1.74. The van der Waals surface area contributed by atoms with Gasteiger partial charge in [-0.15, -0.1) is 0 Å². The Morgan fingerprint density at radius 2 is 2.26 bits per heavy atom. The van der Waals surface area contributed by atoms with Gasteiger partial charge < -0.3 is 10.5 Å². The van der Waals surface area contributed by atoms with Crippen LogP contribution in [-0.2, 0) is 14.8 Å². The Kier molecular flexibility index (Phi) is 4.67. The molecule has 0 amide bonds. The monoisotopic (exact) mass is 304 g/mol. The lowest BCUT2D eigenvalue weighted by Gasteiger charge is -2.12. The number of halogens is 1. The van der Waals surface area contributed by atoms with Crippen molar-refractivity contribution >= 4 is 27.3 Å². The first kappa shape index (κ1) is 14.6. The minimum absolute atomic E-state index is 0.0423. The summed E-state index contributed by atoms with van der Waals surface area (Å²) in [5, 5.41) is 0.136. The molecule has 19 heavy (non-hydrogen) atoms. The lowest BCUT2D eigenvalue weighted by atomic mass is 10.1. The van der Waals surface area contributed by atoms with Gasteiger partial charge in [-0.05, 0) is 30.9 Å². The molecule has 1 fully saturated rings. The van der Waals surface area contributed by atoms with Crippen molar-refractivity contribution in [2.45, 2.75) is 17.7 Å². The second kappa shape index (κ2) is 6.09. The largest absolute Gasteiger partial charge is 0.398 e. The fourth-order valence-electron chi connectivity index (χ4n) is 2.09. The molecule has 1 unspecified atom stereocenters. The van der Waals surface area contributed by atoms with Crippen molar-refractivity contribution in [3.8, 4) is 0 Å². The van der Waals surface area contributed by atoms with Gasteiger partial charge in [0.2, 0.25) is 10.0 Å². The fraction of sp³-hybridized carbons (Fsp3) is 0.500. The lowest BCUT2D eigenvalue weighted by molar-refractivity contribution is 0.184. The number of hydrogen-bond acceptors (Lipinski definition) is 4. The first-order valence-corrected chi connectivity index (χ1v) is 7.98. The van der Waals surface area contributed by atoms with Gasteiger partial charge in [0, 0.05) is 19.8 Å². The highest BCUT2D eigenvalue weighted by Crippen LogP contribution is 2.27. The number of nitrogens with two attached hydrogens (primary N) is 1. The van der Waals surface area contributed by atoms with E-state index < -0.39 is 10.0 Å². The summed E-state index contributed by atoms with van der Waals surface area (Å²) in [6.45, 7) is 1.83. The molecular weight excluding hydrogens is 288 g/mol. The van der Waals surface area contributed by atoms with Crippen molar-refractivity contribution in [3.63, 3.8) is 0 Å². The van der Waals surface area contributed by atoms with E-state index in [0.29, 0.717) is 19.1 Å². The zero-order chi connectivity index (χ0) is 13.9. The molecule has 5 nitrogen and oxygen atoms in total. The maximum Gasteiger partial charge on any atom is 0.244 e. The van der Waals surface area contributed by atoms with E-state index in [9.17, 15) is 8.42 Å². The highest BCUT2D eigenvalue weighted by atomic mass is 35.5. The second-order valence-electron chi connectivity index (χ2n) is 4.57. The molecule has 0 aliphatic carbocycles. The number of anilines is 1. The minimum Gasteiger partial charge on any atom is -0.398 e. The van der Waals surface area contributed by atoms with Gasteiger partial charge in [-0.2, -0.15) is 0 Å². The summed E-state index contributed by atoms with van der Waals surface area (Å²) < 4.78 is 32.1. The molecule has 1 aromatic rings. The highest BCUT2D eigenvalue weighted by Gasteiger charge is 2.22. The summed E-state index contributed by atoms with van der Waals surface area (Å²) >= 11 is 5.90. The van der Waals surface area contributed by atoms with Gasteiger partial charge in [0.15, 0.2) is 0 Å². The lowest BCUT2D eigenvalue weighted by Crippen LogP contribution is -2.27. The first-order valence-electron chi connectivity index (χ1n) is 6.12. The van der Waals surface area contributed by atoms with Crippen LogP contribution in [0.25, 0.3) is 0 Å². The third-order valence-corrected chi connectivity index (χ3v) is 5.14. The Balaban J connectivity index is 2.01. The molecule has 0 bridgehead atoms. The van der Waals surface area contributed by atoms with Crippen molar-refractivity contribution in [1.82, 2.24) is 4.72 Å². The molecule has 1 aliphatic heterocycles. The van der Waals surface area contributed by atoms with Crippen molar-refractivity contribution < 1.29 is 13.2 Å². The number of nitrogens with one attached hydrogen (secondary N) is 1. The van der Waals surface area contributed by atoms with Crippen LogP contribution in [0.2, 0.25) is 5.02 Å². The molecule has 1 heterocycles. The smallest absolute Gasteiger partial charge is 0.244 e. The Bertz CT molecular complexity index is 522. The van der Waals surface area contributed by atoms with E-state index in [1.165, 1.54) is 12.1 Å². The number of hydrogen-bond donors (Lipinski definition) is 2. The highest BCUT2D eigenvalue weighted by molar-refractivity contribution is 7.89. The molecule has 1 atom stereocenters. The summed E-state index contributed by atoms with van der Waals surface area (Å²) in [4.78, 5) is -0.0423. The molecule has 0 aromatic heterocycles. The van der Waals surface area contributed by atoms with Gasteiger partial charge >= 0.3 is 0 Å². The average molecular weight is 305 g/mol. The molecule has 1 saturated heterocycles. The predicted octanol–water partition coefficient (Wildman–Crippen LogP) is 1.63. The molecule has 1 aliphatic rings. The molecule has 1 aromatic carbocycles. The second-order valence-corrected chi connectivity index (χ2v) is 6.69. The summed E-state index contributed by atoms with van der Waals surface area (Å²) in [6, 6.07) is 4.65. The predicted molar refractivity (Wildman–Crippen MR) is 74.6 cm³/mol. The molecular formula is C12H17ClN2O3S. The molecule has 2 rings (SSSR count). The standard InChI is InChI=1S/C12H17ClN2O3S/c13-10-2-1-3-11(14)12(10)19(16,17)15-6-4-9-5-7-18-8-9/h1-3,9,15H,4-8,14H2. The van der Waals surface area contributed by atoms with E-state index in [4.69, 9.17) is 22.1 Å². The Labute approximate surface area is 118 Å². The SMILES string of the molecule is Nc1cccc(Cl)c1S(=O)(=O)NCCC1CCOC1. The van der Waals surface area contributed by atoms with Crippen molar-refractivity contribution in [1.29, 1.82) is 0 Å². The molecule has 0 spiro atoms. The van der Waals surface area contributed by atoms with Gasteiger partial charge in [0.25, 0.3) is 0 Å². The first-order chi connectivity index (χ1) is 9.00. The summed E-state index contributed by atoms with van der Waals surface area (Å²) in [5.41, 5.74) is 5.83. The number of nitrogen functional groups attached to an aromatic ring is 1. The average Bonchev–Trinajstić information content (AvgIpc) is 2.81. The van der Waals surface area contributed by atoms with Crippen LogP contribution >= 0.6 is 11.6 Å². The zero-order valence-electron chi connectivity index (χ0n) is 10.4. The van der Waals surface area contributed by atoms with Crippen LogP contribution in [0.5, 0.6) is 0 Å². The van der Waals surface area contributed by atoms with Gasteiger partial charge in [0.05, 0.1) is 10.7 Å². The fourth-order valence-corrected chi connectivity index (χ4v) is 3.81. The van der Waals surface area contributed by atoms with Gasteiger partial charge in [-0.25, -0.2) is 13.1 Å². The maximum atomic E-state index is 12.1. The van der Waals surface area contributed by atoms with Crippen LogP contribution in [0, 0.1) is 5.92 Å². The van der Waals surface area contributed by atoms with Gasteiger partial charge in [-0.1, -0.05) is 17.7 Å². The molecule has 3 N–H and O–H groups in total. The Morgan fingerprint density at radius 1 is 1.47 bits per heavy atom. The van der Waals surface area contributed by atoms with E-state index in [0.717, 1.165) is 19.4 Å². The van der Waals surface area contributed by atoms with Crippen LogP contribution in [0.15, 0.2) is 23.1 Å². The van der Waals surface area contributed by atoms with E-state index in [1.54, 1.807) is 6.07 Å². The third kappa shape index (κ3) is 3.60. The zero-order valence-corrected chi connectivity index (χ0v) is 12.0. The topological polar surface area (TPSA) is 81.4 Å².